The van der Waals surface area contributed by atoms with Crippen molar-refractivity contribution >= 4 is 45.5 Å². The molecule has 1 aliphatic heterocycles. The second-order valence-electron chi connectivity index (χ2n) is 6.80. The number of benzene rings is 2. The Morgan fingerprint density at radius 3 is 2.58 bits per heavy atom. The number of imide groups is 1. The van der Waals surface area contributed by atoms with E-state index in [2.05, 4.69) is 10.6 Å². The molecule has 1 saturated heterocycles. The van der Waals surface area contributed by atoms with E-state index >= 15 is 0 Å². The average molecular weight is 351 g/mol. The van der Waals surface area contributed by atoms with Crippen LogP contribution >= 0.6 is 0 Å². The SMILES string of the molecule is CC1(C)NC(=O)N(CC(=O)Nc2ccc3oc4ccccc4c3c2)C1=O. The maximum absolute atomic E-state index is 12.3. The van der Waals surface area contributed by atoms with Crippen molar-refractivity contribution in [2.45, 2.75) is 19.4 Å². The summed E-state index contributed by atoms with van der Waals surface area (Å²) in [4.78, 5) is 37.3. The topological polar surface area (TPSA) is 91.7 Å². The Morgan fingerprint density at radius 2 is 1.85 bits per heavy atom. The van der Waals surface area contributed by atoms with Gasteiger partial charge in [-0.25, -0.2) is 4.79 Å². The second-order valence-corrected chi connectivity index (χ2v) is 6.80. The van der Waals surface area contributed by atoms with Crippen LogP contribution in [0.15, 0.2) is 46.9 Å². The number of carbonyl (C=O) groups is 3. The van der Waals surface area contributed by atoms with Crippen LogP contribution in [0.3, 0.4) is 0 Å². The number of urea groups is 1. The van der Waals surface area contributed by atoms with E-state index in [0.717, 1.165) is 26.8 Å². The molecule has 2 N–H and O–H groups in total. The standard InChI is InChI=1S/C19H17N3O4/c1-19(2)17(24)22(18(25)21-19)10-16(23)20-11-7-8-15-13(9-11)12-5-3-4-6-14(12)26-15/h3-9H,10H2,1-2H3,(H,20,23)(H,21,25). The molecular formula is C19H17N3O4. The van der Waals surface area contributed by atoms with Gasteiger partial charge in [0.25, 0.3) is 5.91 Å². The molecule has 1 fully saturated rings. The van der Waals surface area contributed by atoms with Crippen LogP contribution in [-0.4, -0.2) is 34.8 Å². The van der Waals surface area contributed by atoms with Gasteiger partial charge in [-0.1, -0.05) is 18.2 Å². The third-order valence-electron chi connectivity index (χ3n) is 4.41. The van der Waals surface area contributed by atoms with Crippen molar-refractivity contribution in [3.8, 4) is 0 Å². The molecule has 132 valence electrons. The number of para-hydroxylation sites is 1. The van der Waals surface area contributed by atoms with Gasteiger partial charge in [0, 0.05) is 16.5 Å². The number of amides is 4. The Balaban J connectivity index is 1.55. The number of nitrogens with zero attached hydrogens (tertiary/aromatic N) is 1. The molecule has 0 spiro atoms. The lowest BCUT2D eigenvalue weighted by Gasteiger charge is -2.15. The van der Waals surface area contributed by atoms with Crippen molar-refractivity contribution in [1.82, 2.24) is 10.2 Å². The molecule has 4 amide bonds. The monoisotopic (exact) mass is 351 g/mol. The second kappa shape index (κ2) is 5.59. The highest BCUT2D eigenvalue weighted by atomic mass is 16.3. The number of fused-ring (bicyclic) bond motifs is 3. The fourth-order valence-corrected chi connectivity index (χ4v) is 3.11. The zero-order valence-corrected chi connectivity index (χ0v) is 14.3. The molecular weight excluding hydrogens is 334 g/mol. The minimum Gasteiger partial charge on any atom is -0.456 e. The lowest BCUT2D eigenvalue weighted by atomic mass is 10.1. The summed E-state index contributed by atoms with van der Waals surface area (Å²) < 4.78 is 5.75. The molecule has 2 heterocycles. The van der Waals surface area contributed by atoms with Crippen molar-refractivity contribution in [2.75, 3.05) is 11.9 Å². The molecule has 0 radical (unpaired) electrons. The molecule has 0 bridgehead atoms. The summed E-state index contributed by atoms with van der Waals surface area (Å²) in [6, 6.07) is 12.4. The first-order valence-corrected chi connectivity index (χ1v) is 8.20. The largest absolute Gasteiger partial charge is 0.456 e. The Labute approximate surface area is 148 Å². The normalized spacial score (nSPS) is 16.3. The Kier molecular flexibility index (Phi) is 3.47. The van der Waals surface area contributed by atoms with Gasteiger partial charge in [-0.05, 0) is 38.1 Å². The Morgan fingerprint density at radius 1 is 1.12 bits per heavy atom. The van der Waals surface area contributed by atoms with Gasteiger partial charge in [0.15, 0.2) is 0 Å². The molecule has 7 heteroatoms. The van der Waals surface area contributed by atoms with Crippen molar-refractivity contribution in [1.29, 1.82) is 0 Å². The van der Waals surface area contributed by atoms with Crippen LogP contribution in [0, 0.1) is 0 Å². The molecule has 0 atom stereocenters. The molecule has 1 aromatic heterocycles. The number of nitrogens with one attached hydrogen (secondary N) is 2. The maximum atomic E-state index is 12.3. The summed E-state index contributed by atoms with van der Waals surface area (Å²) in [5, 5.41) is 7.11. The maximum Gasteiger partial charge on any atom is 0.325 e. The zero-order valence-electron chi connectivity index (χ0n) is 14.3. The minimum absolute atomic E-state index is 0.335. The van der Waals surface area contributed by atoms with Gasteiger partial charge in [0.1, 0.15) is 23.2 Å². The lowest BCUT2D eigenvalue weighted by Crippen LogP contribution is -2.41. The van der Waals surface area contributed by atoms with E-state index in [0.29, 0.717) is 5.69 Å². The third kappa shape index (κ3) is 2.57. The molecule has 7 nitrogen and oxygen atoms in total. The average Bonchev–Trinajstić information content (AvgIpc) is 3.04. The summed E-state index contributed by atoms with van der Waals surface area (Å²) >= 11 is 0. The van der Waals surface area contributed by atoms with Crippen LogP contribution < -0.4 is 10.6 Å². The minimum atomic E-state index is -0.994. The summed E-state index contributed by atoms with van der Waals surface area (Å²) in [5.74, 6) is -0.868. The van der Waals surface area contributed by atoms with Crippen LogP contribution in [0.5, 0.6) is 0 Å². The fraction of sp³-hybridized carbons (Fsp3) is 0.211. The predicted octanol–water partition coefficient (Wildman–Crippen LogP) is 2.85. The van der Waals surface area contributed by atoms with Crippen molar-refractivity contribution in [3.05, 3.63) is 42.5 Å². The van der Waals surface area contributed by atoms with Crippen LogP contribution in [0.25, 0.3) is 21.9 Å². The fourth-order valence-electron chi connectivity index (χ4n) is 3.11. The third-order valence-corrected chi connectivity index (χ3v) is 4.41. The predicted molar refractivity (Wildman–Crippen MR) is 96.7 cm³/mol. The van der Waals surface area contributed by atoms with Gasteiger partial charge in [-0.15, -0.1) is 0 Å². The Hall–Kier alpha value is -3.35. The van der Waals surface area contributed by atoms with Gasteiger partial charge < -0.3 is 15.1 Å². The van der Waals surface area contributed by atoms with E-state index < -0.39 is 23.4 Å². The molecule has 0 aliphatic carbocycles. The van der Waals surface area contributed by atoms with Gasteiger partial charge in [-0.2, -0.15) is 0 Å². The summed E-state index contributed by atoms with van der Waals surface area (Å²) in [5.41, 5.74) is 1.07. The van der Waals surface area contributed by atoms with Gasteiger partial charge in [0.2, 0.25) is 5.91 Å². The first-order valence-electron chi connectivity index (χ1n) is 8.20. The van der Waals surface area contributed by atoms with Crippen LogP contribution in [-0.2, 0) is 9.59 Å². The molecule has 26 heavy (non-hydrogen) atoms. The summed E-state index contributed by atoms with van der Waals surface area (Å²) in [6.45, 7) is 2.87. The number of hydrogen-bond donors (Lipinski definition) is 2. The van der Waals surface area contributed by atoms with E-state index in [1.54, 1.807) is 26.0 Å². The van der Waals surface area contributed by atoms with Crippen LogP contribution in [0.1, 0.15) is 13.8 Å². The van der Waals surface area contributed by atoms with E-state index in [9.17, 15) is 14.4 Å². The highest BCUT2D eigenvalue weighted by Gasteiger charge is 2.44. The van der Waals surface area contributed by atoms with Gasteiger partial charge in [0.05, 0.1) is 0 Å². The van der Waals surface area contributed by atoms with Crippen molar-refractivity contribution in [3.63, 3.8) is 0 Å². The number of anilines is 1. The molecule has 2 aromatic carbocycles. The van der Waals surface area contributed by atoms with Crippen LogP contribution in [0.4, 0.5) is 10.5 Å². The highest BCUT2D eigenvalue weighted by molar-refractivity contribution is 6.10. The Bertz CT molecular complexity index is 1070. The molecule has 4 rings (SSSR count). The summed E-state index contributed by atoms with van der Waals surface area (Å²) in [7, 11) is 0. The highest BCUT2D eigenvalue weighted by Crippen LogP contribution is 2.30. The first kappa shape index (κ1) is 16.1. The van der Waals surface area contributed by atoms with E-state index in [1.807, 2.05) is 30.3 Å². The number of furan rings is 1. The molecule has 0 unspecified atom stereocenters. The first-order chi connectivity index (χ1) is 12.3. The zero-order chi connectivity index (χ0) is 18.5. The van der Waals surface area contributed by atoms with Crippen LogP contribution in [0.2, 0.25) is 0 Å². The van der Waals surface area contributed by atoms with Crippen molar-refractivity contribution in [2.24, 2.45) is 0 Å². The van der Waals surface area contributed by atoms with E-state index in [1.165, 1.54) is 0 Å². The lowest BCUT2D eigenvalue weighted by molar-refractivity contribution is -0.132. The van der Waals surface area contributed by atoms with E-state index in [4.69, 9.17) is 4.42 Å². The van der Waals surface area contributed by atoms with Gasteiger partial charge >= 0.3 is 6.03 Å². The van der Waals surface area contributed by atoms with E-state index in [-0.39, 0.29) is 6.54 Å². The molecule has 0 saturated carbocycles. The number of hydrogen-bond acceptors (Lipinski definition) is 4. The smallest absolute Gasteiger partial charge is 0.325 e. The quantitative estimate of drug-likeness (QED) is 0.710. The number of carbonyl (C=O) groups excluding carboxylic acids is 3. The van der Waals surface area contributed by atoms with Crippen molar-refractivity contribution < 1.29 is 18.8 Å². The molecule has 3 aromatic rings. The number of rotatable bonds is 3. The summed E-state index contributed by atoms with van der Waals surface area (Å²) in [6.07, 6.45) is 0. The molecule has 1 aliphatic rings. The van der Waals surface area contributed by atoms with Gasteiger partial charge in [-0.3, -0.25) is 14.5 Å².